The van der Waals surface area contributed by atoms with Crippen LogP contribution in [0.2, 0.25) is 0 Å². The first-order valence-corrected chi connectivity index (χ1v) is 2.60. The Hall–Kier alpha value is -1.09. The van der Waals surface area contributed by atoms with Crippen molar-refractivity contribution in [3.8, 4) is 0 Å². The number of rotatable bonds is 2. The van der Waals surface area contributed by atoms with Crippen LogP contribution in [0.25, 0.3) is 0 Å². The van der Waals surface area contributed by atoms with Gasteiger partial charge in [-0.1, -0.05) is 0 Å². The number of hydrogen-bond donors (Lipinski definition) is 1. The molecule has 0 radical (unpaired) electrons. The van der Waals surface area contributed by atoms with Crippen LogP contribution in [-0.2, 0) is 0 Å². The minimum atomic E-state index is -0.0937. The summed E-state index contributed by atoms with van der Waals surface area (Å²) in [5.74, 6) is -0.0937. The van der Waals surface area contributed by atoms with Crippen molar-refractivity contribution in [2.45, 2.75) is 0 Å². The Bertz CT molecular complexity index is 191. The van der Waals surface area contributed by atoms with Gasteiger partial charge in [0.05, 0.1) is 18.4 Å². The number of hydrogen-bond acceptors (Lipinski definition) is 3. The summed E-state index contributed by atoms with van der Waals surface area (Å²) in [6.07, 6.45) is 2.83. The molecule has 0 unspecified atom stereocenters. The van der Waals surface area contributed by atoms with Crippen LogP contribution in [0.5, 0.6) is 0 Å². The molecule has 9 heavy (non-hydrogen) atoms. The normalized spacial score (nSPS) is 9.44. The minimum absolute atomic E-state index is 0.0412. The Morgan fingerprint density at radius 3 is 3.00 bits per heavy atom. The smallest absolute Gasteiger partial charge is 0.179 e. The molecule has 0 aliphatic rings. The Labute approximate surface area is 52.5 Å². The second kappa shape index (κ2) is 2.46. The molecule has 0 amide bonds. The fraction of sp³-hybridized carbons (Fsp3) is 0.167. The summed E-state index contributed by atoms with van der Waals surface area (Å²) in [4.78, 5) is 10.7. The van der Waals surface area contributed by atoms with Crippen molar-refractivity contribution in [2.24, 2.45) is 5.73 Å². The minimum Gasteiger partial charge on any atom is -0.472 e. The summed E-state index contributed by atoms with van der Waals surface area (Å²) < 4.78 is 4.66. The molecule has 1 aromatic rings. The maximum Gasteiger partial charge on any atom is 0.179 e. The van der Waals surface area contributed by atoms with Crippen molar-refractivity contribution in [1.29, 1.82) is 0 Å². The van der Waals surface area contributed by atoms with Crippen molar-refractivity contribution in [2.75, 3.05) is 6.54 Å². The lowest BCUT2D eigenvalue weighted by Gasteiger charge is -1.85. The molecule has 0 fully saturated rings. The zero-order chi connectivity index (χ0) is 6.69. The second-order valence-corrected chi connectivity index (χ2v) is 1.64. The number of nitrogens with two attached hydrogens (primary N) is 1. The third kappa shape index (κ3) is 1.17. The van der Waals surface area contributed by atoms with E-state index in [0.29, 0.717) is 5.56 Å². The maximum atomic E-state index is 10.7. The van der Waals surface area contributed by atoms with Crippen molar-refractivity contribution in [3.63, 3.8) is 0 Å². The first-order valence-electron chi connectivity index (χ1n) is 2.60. The first kappa shape index (κ1) is 6.04. The SMILES string of the molecule is NCC(=O)c1ccoc1. The van der Waals surface area contributed by atoms with E-state index < -0.39 is 0 Å². The van der Waals surface area contributed by atoms with Crippen LogP contribution >= 0.6 is 0 Å². The molecule has 0 atom stereocenters. The Kier molecular flexibility index (Phi) is 1.65. The quantitative estimate of drug-likeness (QED) is 0.583. The van der Waals surface area contributed by atoms with Gasteiger partial charge in [0, 0.05) is 0 Å². The van der Waals surface area contributed by atoms with Crippen LogP contribution < -0.4 is 5.73 Å². The fourth-order valence-electron chi connectivity index (χ4n) is 0.541. The summed E-state index contributed by atoms with van der Waals surface area (Å²) >= 11 is 0. The van der Waals surface area contributed by atoms with Crippen LogP contribution in [0, 0.1) is 0 Å². The van der Waals surface area contributed by atoms with Gasteiger partial charge in [-0.2, -0.15) is 0 Å². The molecule has 48 valence electrons. The van der Waals surface area contributed by atoms with Crippen molar-refractivity contribution >= 4 is 5.78 Å². The summed E-state index contributed by atoms with van der Waals surface area (Å²) in [5, 5.41) is 0. The van der Waals surface area contributed by atoms with E-state index in [1.54, 1.807) is 6.07 Å². The van der Waals surface area contributed by atoms with Gasteiger partial charge in [0.15, 0.2) is 5.78 Å². The van der Waals surface area contributed by atoms with E-state index in [9.17, 15) is 4.79 Å². The van der Waals surface area contributed by atoms with E-state index in [4.69, 9.17) is 5.73 Å². The van der Waals surface area contributed by atoms with Gasteiger partial charge in [0.1, 0.15) is 6.26 Å². The number of ketones is 1. The third-order valence-electron chi connectivity index (χ3n) is 1.03. The highest BCUT2D eigenvalue weighted by Gasteiger charge is 2.01. The first-order chi connectivity index (χ1) is 4.34. The summed E-state index contributed by atoms with van der Waals surface area (Å²) in [6.45, 7) is 0.0412. The average molecular weight is 125 g/mol. The molecule has 3 heteroatoms. The molecule has 0 aliphatic carbocycles. The van der Waals surface area contributed by atoms with Crippen molar-refractivity contribution < 1.29 is 9.21 Å². The zero-order valence-corrected chi connectivity index (χ0v) is 4.83. The standard InChI is InChI=1S/C6H7NO2/c7-3-6(8)5-1-2-9-4-5/h1-2,4H,3,7H2. The highest BCUT2D eigenvalue weighted by atomic mass is 16.3. The van der Waals surface area contributed by atoms with E-state index in [0.717, 1.165) is 0 Å². The summed E-state index contributed by atoms with van der Waals surface area (Å²) in [6, 6.07) is 1.59. The fourth-order valence-corrected chi connectivity index (χ4v) is 0.541. The van der Waals surface area contributed by atoms with E-state index in [2.05, 4.69) is 4.42 Å². The van der Waals surface area contributed by atoms with Crippen molar-refractivity contribution in [1.82, 2.24) is 0 Å². The molecular weight excluding hydrogens is 118 g/mol. The zero-order valence-electron chi connectivity index (χ0n) is 4.83. The molecule has 0 aliphatic heterocycles. The Balaban J connectivity index is 2.77. The Morgan fingerprint density at radius 2 is 2.56 bits per heavy atom. The average Bonchev–Trinajstić information content (AvgIpc) is 2.37. The van der Waals surface area contributed by atoms with E-state index in [1.807, 2.05) is 0 Å². The van der Waals surface area contributed by atoms with Crippen LogP contribution in [0.3, 0.4) is 0 Å². The van der Waals surface area contributed by atoms with E-state index in [-0.39, 0.29) is 12.3 Å². The van der Waals surface area contributed by atoms with Crippen LogP contribution in [0.15, 0.2) is 23.0 Å². The molecule has 0 spiro atoms. The van der Waals surface area contributed by atoms with Gasteiger partial charge >= 0.3 is 0 Å². The highest BCUT2D eigenvalue weighted by molar-refractivity contribution is 5.97. The largest absolute Gasteiger partial charge is 0.472 e. The molecule has 1 rings (SSSR count). The molecule has 0 saturated carbocycles. The highest BCUT2D eigenvalue weighted by Crippen LogP contribution is 1.98. The van der Waals surface area contributed by atoms with Gasteiger partial charge in [-0.25, -0.2) is 0 Å². The van der Waals surface area contributed by atoms with Gasteiger partial charge in [-0.3, -0.25) is 4.79 Å². The molecule has 0 aromatic carbocycles. The third-order valence-corrected chi connectivity index (χ3v) is 1.03. The van der Waals surface area contributed by atoms with Crippen LogP contribution in [0.4, 0.5) is 0 Å². The van der Waals surface area contributed by atoms with Crippen LogP contribution in [-0.4, -0.2) is 12.3 Å². The monoisotopic (exact) mass is 125 g/mol. The predicted octanol–water partition coefficient (Wildman–Crippen LogP) is 0.421. The molecule has 0 saturated heterocycles. The molecule has 3 nitrogen and oxygen atoms in total. The molecule has 1 aromatic heterocycles. The van der Waals surface area contributed by atoms with Gasteiger partial charge in [0.25, 0.3) is 0 Å². The Morgan fingerprint density at radius 1 is 1.78 bits per heavy atom. The summed E-state index contributed by atoms with van der Waals surface area (Å²) in [7, 11) is 0. The van der Waals surface area contributed by atoms with Crippen LogP contribution in [0.1, 0.15) is 10.4 Å². The molecular formula is C6H7NO2. The van der Waals surface area contributed by atoms with Gasteiger partial charge in [-0.15, -0.1) is 0 Å². The number of carbonyl (C=O) groups excluding carboxylic acids is 1. The topological polar surface area (TPSA) is 56.2 Å². The second-order valence-electron chi connectivity index (χ2n) is 1.64. The number of furan rings is 1. The molecule has 2 N–H and O–H groups in total. The lowest BCUT2D eigenvalue weighted by Crippen LogP contribution is -2.12. The van der Waals surface area contributed by atoms with Gasteiger partial charge in [0.2, 0.25) is 0 Å². The lowest BCUT2D eigenvalue weighted by atomic mass is 10.2. The molecule has 1 heterocycles. The summed E-state index contributed by atoms with van der Waals surface area (Å²) in [5.41, 5.74) is 5.61. The van der Waals surface area contributed by atoms with Gasteiger partial charge in [-0.05, 0) is 6.07 Å². The predicted molar refractivity (Wildman–Crippen MR) is 32.1 cm³/mol. The lowest BCUT2D eigenvalue weighted by molar-refractivity contribution is 0.100. The van der Waals surface area contributed by atoms with E-state index in [1.165, 1.54) is 12.5 Å². The van der Waals surface area contributed by atoms with Gasteiger partial charge < -0.3 is 10.2 Å². The maximum absolute atomic E-state index is 10.7. The van der Waals surface area contributed by atoms with E-state index >= 15 is 0 Å². The number of Topliss-reactive ketones (excluding diaryl/α,β-unsaturated/α-hetero) is 1. The number of carbonyl (C=O) groups is 1. The molecule has 0 bridgehead atoms. The van der Waals surface area contributed by atoms with Crippen molar-refractivity contribution in [3.05, 3.63) is 24.2 Å².